The van der Waals surface area contributed by atoms with Crippen molar-refractivity contribution in [1.82, 2.24) is 0 Å². The van der Waals surface area contributed by atoms with Crippen molar-refractivity contribution in [3.63, 3.8) is 0 Å². The van der Waals surface area contributed by atoms with Crippen molar-refractivity contribution in [3.8, 4) is 16.9 Å². The van der Waals surface area contributed by atoms with Gasteiger partial charge in [0.15, 0.2) is 0 Å². The minimum atomic E-state index is 0.301. The van der Waals surface area contributed by atoms with Crippen LogP contribution >= 0.6 is 0 Å². The van der Waals surface area contributed by atoms with Gasteiger partial charge in [-0.25, -0.2) is 0 Å². The molecule has 0 aliphatic rings. The summed E-state index contributed by atoms with van der Waals surface area (Å²) in [5.41, 5.74) is 4.35. The summed E-state index contributed by atoms with van der Waals surface area (Å²) in [4.78, 5) is 0. The van der Waals surface area contributed by atoms with E-state index in [1.807, 2.05) is 48.6 Å². The summed E-state index contributed by atoms with van der Waals surface area (Å²) in [6, 6.07) is 26.0. The lowest BCUT2D eigenvalue weighted by Gasteiger charge is -2.02. The molecule has 102 valence electrons. The highest BCUT2D eigenvalue weighted by Gasteiger charge is 1.97. The van der Waals surface area contributed by atoms with Crippen molar-refractivity contribution in [3.05, 3.63) is 90.0 Å². The van der Waals surface area contributed by atoms with Crippen LogP contribution in [0.15, 0.2) is 78.9 Å². The number of aromatic hydroxyl groups is 1. The molecule has 3 aromatic rings. The zero-order valence-corrected chi connectivity index (χ0v) is 11.6. The third kappa shape index (κ3) is 3.21. The van der Waals surface area contributed by atoms with Crippen LogP contribution in [0.4, 0.5) is 0 Å². The molecule has 0 fully saturated rings. The molecule has 3 aromatic carbocycles. The maximum absolute atomic E-state index is 9.73. The number of hydrogen-bond acceptors (Lipinski definition) is 1. The zero-order valence-electron chi connectivity index (χ0n) is 11.6. The van der Waals surface area contributed by atoms with Crippen molar-refractivity contribution < 1.29 is 5.11 Å². The van der Waals surface area contributed by atoms with Crippen LogP contribution in [0.3, 0.4) is 0 Å². The van der Waals surface area contributed by atoms with Gasteiger partial charge in [0.1, 0.15) is 5.75 Å². The van der Waals surface area contributed by atoms with Gasteiger partial charge in [0.25, 0.3) is 0 Å². The van der Waals surface area contributed by atoms with Crippen LogP contribution < -0.4 is 0 Å². The first kappa shape index (κ1) is 13.2. The van der Waals surface area contributed by atoms with E-state index >= 15 is 0 Å². The molecule has 0 atom stereocenters. The summed E-state index contributed by atoms with van der Waals surface area (Å²) in [5.74, 6) is 0.301. The van der Waals surface area contributed by atoms with Gasteiger partial charge in [-0.3, -0.25) is 0 Å². The summed E-state index contributed by atoms with van der Waals surface area (Å²) in [6.45, 7) is 0. The Bertz CT molecular complexity index is 740. The van der Waals surface area contributed by atoms with Gasteiger partial charge in [-0.15, -0.1) is 0 Å². The topological polar surface area (TPSA) is 20.2 Å². The smallest absolute Gasteiger partial charge is 0.122 e. The van der Waals surface area contributed by atoms with Gasteiger partial charge in [0, 0.05) is 5.56 Å². The fourth-order valence-electron chi connectivity index (χ4n) is 2.23. The molecule has 0 spiro atoms. The predicted octanol–water partition coefficient (Wildman–Crippen LogP) is 5.23. The number of para-hydroxylation sites is 1. The third-order valence-corrected chi connectivity index (χ3v) is 3.41. The fourth-order valence-corrected chi connectivity index (χ4v) is 2.23. The second-order valence-electron chi connectivity index (χ2n) is 4.88. The SMILES string of the molecule is Oc1ccccc1/C=C/c1ccc(-c2ccccc2)cc1. The van der Waals surface area contributed by atoms with Crippen LogP contribution in [-0.4, -0.2) is 5.11 Å². The number of hydrogen-bond donors (Lipinski definition) is 1. The Morgan fingerprint density at radius 3 is 1.90 bits per heavy atom. The summed E-state index contributed by atoms with van der Waals surface area (Å²) in [5, 5.41) is 9.73. The van der Waals surface area contributed by atoms with E-state index in [1.165, 1.54) is 11.1 Å². The largest absolute Gasteiger partial charge is 0.507 e. The monoisotopic (exact) mass is 272 g/mol. The third-order valence-electron chi connectivity index (χ3n) is 3.41. The standard InChI is InChI=1S/C20H16O/c21-20-9-5-4-8-19(20)15-12-16-10-13-18(14-11-16)17-6-2-1-3-7-17/h1-15,21H/b15-12+. The van der Waals surface area contributed by atoms with E-state index in [1.54, 1.807) is 6.07 Å². The highest BCUT2D eigenvalue weighted by molar-refractivity contribution is 5.74. The van der Waals surface area contributed by atoms with Gasteiger partial charge in [-0.1, -0.05) is 84.9 Å². The Kier molecular flexibility index (Phi) is 3.83. The minimum Gasteiger partial charge on any atom is -0.507 e. The fraction of sp³-hybridized carbons (Fsp3) is 0. The van der Waals surface area contributed by atoms with Crippen LogP contribution in [0.2, 0.25) is 0 Å². The number of phenolic OH excluding ortho intramolecular Hbond substituents is 1. The Morgan fingerprint density at radius 1 is 0.571 bits per heavy atom. The average molecular weight is 272 g/mol. The van der Waals surface area contributed by atoms with Crippen molar-refractivity contribution in [2.45, 2.75) is 0 Å². The summed E-state index contributed by atoms with van der Waals surface area (Å²) in [7, 11) is 0. The Morgan fingerprint density at radius 2 is 1.19 bits per heavy atom. The van der Waals surface area contributed by atoms with Gasteiger partial charge in [0.2, 0.25) is 0 Å². The molecule has 0 saturated carbocycles. The Hall–Kier alpha value is -2.80. The Labute approximate surface area is 124 Å². The molecule has 0 unspecified atom stereocenters. The van der Waals surface area contributed by atoms with Crippen molar-refractivity contribution in [2.75, 3.05) is 0 Å². The van der Waals surface area contributed by atoms with E-state index in [2.05, 4.69) is 36.4 Å². The van der Waals surface area contributed by atoms with Crippen LogP contribution in [-0.2, 0) is 0 Å². The van der Waals surface area contributed by atoms with Gasteiger partial charge >= 0.3 is 0 Å². The van der Waals surface area contributed by atoms with Crippen LogP contribution in [0.5, 0.6) is 5.75 Å². The van der Waals surface area contributed by atoms with E-state index in [-0.39, 0.29) is 0 Å². The molecule has 1 nitrogen and oxygen atoms in total. The molecular weight excluding hydrogens is 256 g/mol. The molecule has 0 bridgehead atoms. The highest BCUT2D eigenvalue weighted by Crippen LogP contribution is 2.21. The quantitative estimate of drug-likeness (QED) is 0.647. The predicted molar refractivity (Wildman–Crippen MR) is 88.9 cm³/mol. The van der Waals surface area contributed by atoms with Crippen LogP contribution in [0, 0.1) is 0 Å². The van der Waals surface area contributed by atoms with Crippen molar-refractivity contribution in [1.29, 1.82) is 0 Å². The second kappa shape index (κ2) is 6.10. The van der Waals surface area contributed by atoms with Gasteiger partial charge in [-0.05, 0) is 22.8 Å². The van der Waals surface area contributed by atoms with Crippen molar-refractivity contribution in [2.24, 2.45) is 0 Å². The van der Waals surface area contributed by atoms with Gasteiger partial charge in [-0.2, -0.15) is 0 Å². The van der Waals surface area contributed by atoms with Crippen molar-refractivity contribution >= 4 is 12.2 Å². The lowest BCUT2D eigenvalue weighted by Crippen LogP contribution is -1.78. The molecule has 0 saturated heterocycles. The average Bonchev–Trinajstić information content (AvgIpc) is 2.55. The van der Waals surface area contributed by atoms with E-state index in [0.717, 1.165) is 11.1 Å². The van der Waals surface area contributed by atoms with Crippen LogP contribution in [0.25, 0.3) is 23.3 Å². The molecule has 0 heterocycles. The zero-order chi connectivity index (χ0) is 14.5. The van der Waals surface area contributed by atoms with E-state index in [4.69, 9.17) is 0 Å². The van der Waals surface area contributed by atoms with E-state index in [0.29, 0.717) is 5.75 Å². The van der Waals surface area contributed by atoms with Gasteiger partial charge < -0.3 is 5.11 Å². The summed E-state index contributed by atoms with van der Waals surface area (Å²) >= 11 is 0. The summed E-state index contributed by atoms with van der Waals surface area (Å²) in [6.07, 6.45) is 3.93. The Balaban J connectivity index is 1.81. The first-order valence-corrected chi connectivity index (χ1v) is 6.94. The highest BCUT2D eigenvalue weighted by atomic mass is 16.3. The molecule has 1 heteroatoms. The molecule has 21 heavy (non-hydrogen) atoms. The number of rotatable bonds is 3. The van der Waals surface area contributed by atoms with E-state index in [9.17, 15) is 5.11 Å². The second-order valence-corrected chi connectivity index (χ2v) is 4.88. The van der Waals surface area contributed by atoms with Gasteiger partial charge in [0.05, 0.1) is 0 Å². The normalized spacial score (nSPS) is 10.9. The number of phenols is 1. The minimum absolute atomic E-state index is 0.301. The molecule has 3 rings (SSSR count). The lowest BCUT2D eigenvalue weighted by atomic mass is 10.0. The summed E-state index contributed by atoms with van der Waals surface area (Å²) < 4.78 is 0. The molecular formula is C20H16O. The van der Waals surface area contributed by atoms with E-state index < -0.39 is 0 Å². The maximum atomic E-state index is 9.73. The lowest BCUT2D eigenvalue weighted by molar-refractivity contribution is 0.474. The molecule has 1 N–H and O–H groups in total. The molecule has 0 aliphatic carbocycles. The molecule has 0 radical (unpaired) electrons. The maximum Gasteiger partial charge on any atom is 0.122 e. The number of benzene rings is 3. The van der Waals surface area contributed by atoms with Crippen LogP contribution in [0.1, 0.15) is 11.1 Å². The molecule has 0 amide bonds. The first-order valence-electron chi connectivity index (χ1n) is 6.94. The molecule has 0 aliphatic heterocycles. The first-order chi connectivity index (χ1) is 10.3. The molecule has 0 aromatic heterocycles.